The van der Waals surface area contributed by atoms with Gasteiger partial charge in [-0.25, -0.2) is 0 Å². The molecule has 3 heteroatoms. The van der Waals surface area contributed by atoms with Crippen LogP contribution in [0.5, 0.6) is 0 Å². The summed E-state index contributed by atoms with van der Waals surface area (Å²) >= 11 is 0. The van der Waals surface area contributed by atoms with Crippen LogP contribution in [0.1, 0.15) is 32.1 Å². The van der Waals surface area contributed by atoms with Crippen molar-refractivity contribution >= 4 is 0 Å². The van der Waals surface area contributed by atoms with Crippen molar-refractivity contribution in [2.24, 2.45) is 5.41 Å². The Hall–Kier alpha value is -0.120. The molecule has 0 radical (unpaired) electrons. The summed E-state index contributed by atoms with van der Waals surface area (Å²) in [5.74, 6) is 0. The number of aliphatic hydroxyl groups is 2. The summed E-state index contributed by atoms with van der Waals surface area (Å²) in [5, 5.41) is 19.8. The minimum Gasteiger partial charge on any atom is -0.400 e. The molecule has 3 nitrogen and oxygen atoms in total. The number of rotatable bonds is 0. The number of hydrogen-bond donors (Lipinski definition) is 3. The van der Waals surface area contributed by atoms with E-state index in [1.807, 2.05) is 0 Å². The van der Waals surface area contributed by atoms with Crippen molar-refractivity contribution in [3.8, 4) is 0 Å². The number of nitrogens with one attached hydrogen (secondary N) is 1. The van der Waals surface area contributed by atoms with Gasteiger partial charge < -0.3 is 15.5 Å². The number of hydrogen-bond acceptors (Lipinski definition) is 3. The van der Waals surface area contributed by atoms with Crippen LogP contribution in [0, 0.1) is 5.41 Å². The molecule has 2 aliphatic rings. The van der Waals surface area contributed by atoms with Gasteiger partial charge in [0.15, 0.2) is 0 Å². The Balaban J connectivity index is 0.000000396. The lowest BCUT2D eigenvalue weighted by Crippen LogP contribution is -2.35. The Kier molecular flexibility index (Phi) is 4.16. The van der Waals surface area contributed by atoms with Crippen LogP contribution in [0.3, 0.4) is 0 Å². The first kappa shape index (κ1) is 11.0. The summed E-state index contributed by atoms with van der Waals surface area (Å²) in [6.45, 7) is 2.32. The van der Waals surface area contributed by atoms with Gasteiger partial charge in [-0.2, -0.15) is 0 Å². The van der Waals surface area contributed by atoms with Crippen molar-refractivity contribution in [1.82, 2.24) is 5.32 Å². The molecule has 1 aliphatic carbocycles. The molecular formula is C10H21NO2. The largest absolute Gasteiger partial charge is 0.400 e. The van der Waals surface area contributed by atoms with E-state index >= 15 is 0 Å². The fraction of sp³-hybridized carbons (Fsp3) is 1.00. The Morgan fingerprint density at radius 3 is 2.23 bits per heavy atom. The standard InChI is InChI=1S/C9H17NO.CH4O/c11-8-1-2-9(7-8)3-5-10-6-4-9;1-2/h8,10-11H,1-7H2;2H,1H3. The molecule has 0 aromatic carbocycles. The summed E-state index contributed by atoms with van der Waals surface area (Å²) in [6.07, 6.45) is 5.94. The molecule has 1 atom stereocenters. The Bertz CT molecular complexity index is 138. The second-order valence-electron chi connectivity index (χ2n) is 4.15. The predicted octanol–water partition coefficient (Wildman–Crippen LogP) is 0.509. The third kappa shape index (κ3) is 2.66. The first-order valence-electron chi connectivity index (χ1n) is 5.14. The molecule has 2 rings (SSSR count). The molecule has 1 heterocycles. The maximum Gasteiger partial charge on any atom is 0.0545 e. The van der Waals surface area contributed by atoms with Crippen molar-refractivity contribution < 1.29 is 10.2 Å². The lowest BCUT2D eigenvalue weighted by molar-refractivity contribution is 0.140. The first-order chi connectivity index (χ1) is 6.31. The predicted molar refractivity (Wildman–Crippen MR) is 52.5 cm³/mol. The molecule has 1 saturated heterocycles. The number of aliphatic hydroxyl groups excluding tert-OH is 2. The van der Waals surface area contributed by atoms with Gasteiger partial charge in [-0.15, -0.1) is 0 Å². The fourth-order valence-electron chi connectivity index (χ4n) is 2.59. The van der Waals surface area contributed by atoms with Gasteiger partial charge in [0.2, 0.25) is 0 Å². The molecule has 0 aromatic rings. The monoisotopic (exact) mass is 187 g/mol. The lowest BCUT2D eigenvalue weighted by Gasteiger charge is -2.33. The molecule has 0 amide bonds. The Morgan fingerprint density at radius 2 is 1.77 bits per heavy atom. The van der Waals surface area contributed by atoms with Crippen LogP contribution < -0.4 is 5.32 Å². The van der Waals surface area contributed by atoms with Gasteiger partial charge in [-0.1, -0.05) is 0 Å². The Labute approximate surface area is 80.2 Å². The van der Waals surface area contributed by atoms with Crippen LogP contribution in [0.2, 0.25) is 0 Å². The third-order valence-electron chi connectivity index (χ3n) is 3.34. The minimum atomic E-state index is 0.00750. The average molecular weight is 187 g/mol. The smallest absolute Gasteiger partial charge is 0.0545 e. The normalized spacial score (nSPS) is 31.2. The topological polar surface area (TPSA) is 52.5 Å². The van der Waals surface area contributed by atoms with E-state index < -0.39 is 0 Å². The van der Waals surface area contributed by atoms with Gasteiger partial charge in [0, 0.05) is 7.11 Å². The van der Waals surface area contributed by atoms with E-state index in [4.69, 9.17) is 5.11 Å². The summed E-state index contributed by atoms with van der Waals surface area (Å²) in [4.78, 5) is 0. The van der Waals surface area contributed by atoms with Crippen molar-refractivity contribution in [2.75, 3.05) is 20.2 Å². The molecule has 0 aromatic heterocycles. The maximum atomic E-state index is 9.43. The maximum absolute atomic E-state index is 9.43. The van der Waals surface area contributed by atoms with E-state index in [0.29, 0.717) is 5.41 Å². The van der Waals surface area contributed by atoms with Crippen molar-refractivity contribution in [3.05, 3.63) is 0 Å². The summed E-state index contributed by atoms with van der Waals surface area (Å²) in [7, 11) is 1.00. The van der Waals surface area contributed by atoms with Crippen LogP contribution in [0.4, 0.5) is 0 Å². The van der Waals surface area contributed by atoms with E-state index in [1.165, 1.54) is 19.3 Å². The van der Waals surface area contributed by atoms with Gasteiger partial charge in [-0.3, -0.25) is 0 Å². The summed E-state index contributed by atoms with van der Waals surface area (Å²) in [5.41, 5.74) is 0.532. The quantitative estimate of drug-likeness (QED) is 0.518. The zero-order valence-corrected chi connectivity index (χ0v) is 8.42. The van der Waals surface area contributed by atoms with Crippen LogP contribution in [0.15, 0.2) is 0 Å². The van der Waals surface area contributed by atoms with E-state index in [2.05, 4.69) is 5.32 Å². The Morgan fingerprint density at radius 1 is 1.15 bits per heavy atom. The summed E-state index contributed by atoms with van der Waals surface area (Å²) in [6, 6.07) is 0. The van der Waals surface area contributed by atoms with Crippen molar-refractivity contribution in [1.29, 1.82) is 0 Å². The van der Waals surface area contributed by atoms with Gasteiger partial charge in [0.1, 0.15) is 0 Å². The minimum absolute atomic E-state index is 0.00750. The highest BCUT2D eigenvalue weighted by Gasteiger charge is 2.38. The van der Waals surface area contributed by atoms with Crippen molar-refractivity contribution in [3.63, 3.8) is 0 Å². The zero-order valence-electron chi connectivity index (χ0n) is 8.42. The molecule has 78 valence electrons. The molecule has 1 unspecified atom stereocenters. The van der Waals surface area contributed by atoms with Crippen LogP contribution >= 0.6 is 0 Å². The highest BCUT2D eigenvalue weighted by atomic mass is 16.3. The first-order valence-corrected chi connectivity index (χ1v) is 5.14. The SMILES string of the molecule is CO.OC1CCC2(CCNCC2)C1. The molecule has 1 spiro atoms. The van der Waals surface area contributed by atoms with E-state index in [-0.39, 0.29) is 6.10 Å². The van der Waals surface area contributed by atoms with Gasteiger partial charge in [-0.05, 0) is 50.6 Å². The van der Waals surface area contributed by atoms with Crippen LogP contribution in [-0.2, 0) is 0 Å². The van der Waals surface area contributed by atoms with E-state index in [9.17, 15) is 5.11 Å². The average Bonchev–Trinajstić information content (AvgIpc) is 2.52. The van der Waals surface area contributed by atoms with E-state index in [0.717, 1.165) is 33.0 Å². The third-order valence-corrected chi connectivity index (χ3v) is 3.34. The molecule has 1 saturated carbocycles. The zero-order chi connectivity index (χ0) is 9.73. The highest BCUT2D eigenvalue weighted by molar-refractivity contribution is 4.92. The molecule has 13 heavy (non-hydrogen) atoms. The van der Waals surface area contributed by atoms with Crippen LogP contribution in [0.25, 0.3) is 0 Å². The van der Waals surface area contributed by atoms with Gasteiger partial charge in [0.05, 0.1) is 6.10 Å². The van der Waals surface area contributed by atoms with Crippen LogP contribution in [-0.4, -0.2) is 36.5 Å². The fourth-order valence-corrected chi connectivity index (χ4v) is 2.59. The molecule has 0 bridgehead atoms. The molecule has 2 fully saturated rings. The molecule has 3 N–H and O–H groups in total. The van der Waals surface area contributed by atoms with Gasteiger partial charge in [0.25, 0.3) is 0 Å². The van der Waals surface area contributed by atoms with E-state index in [1.54, 1.807) is 0 Å². The lowest BCUT2D eigenvalue weighted by atomic mass is 9.77. The molecule has 1 aliphatic heterocycles. The number of piperidine rings is 1. The summed E-state index contributed by atoms with van der Waals surface area (Å²) < 4.78 is 0. The second-order valence-corrected chi connectivity index (χ2v) is 4.15. The second kappa shape index (κ2) is 4.94. The molecular weight excluding hydrogens is 166 g/mol. The highest BCUT2D eigenvalue weighted by Crippen LogP contribution is 2.44. The van der Waals surface area contributed by atoms with Gasteiger partial charge >= 0.3 is 0 Å². The van der Waals surface area contributed by atoms with Crippen molar-refractivity contribution in [2.45, 2.75) is 38.2 Å².